The van der Waals surface area contributed by atoms with E-state index in [4.69, 9.17) is 14.6 Å². The molecule has 1 atom stereocenters. The van der Waals surface area contributed by atoms with Gasteiger partial charge in [-0.2, -0.15) is 0 Å². The number of benzene rings is 1. The Balaban J connectivity index is 2.12. The number of methoxy groups -OCH3 is 1. The minimum absolute atomic E-state index is 0.0358. The monoisotopic (exact) mass is 421 g/mol. The van der Waals surface area contributed by atoms with Gasteiger partial charge in [-0.05, 0) is 56.3 Å². The number of fused-ring (bicyclic) bond motifs is 1. The van der Waals surface area contributed by atoms with Gasteiger partial charge in [-0.25, -0.2) is 4.79 Å². The number of carboxylic acid groups (broad SMARTS) is 1. The molecule has 0 spiro atoms. The molecule has 158 valence electrons. The van der Waals surface area contributed by atoms with Crippen LogP contribution in [0.2, 0.25) is 0 Å². The van der Waals surface area contributed by atoms with E-state index in [-0.39, 0.29) is 12.2 Å². The SMILES string of the molecule is COc1cc2sc(C(=O)CC(C)C(=O)O)cc2cc1CCNC(=O)OC(C)(C)C. The highest BCUT2D eigenvalue weighted by molar-refractivity contribution is 7.20. The van der Waals surface area contributed by atoms with Gasteiger partial charge in [0.2, 0.25) is 0 Å². The number of hydrogen-bond acceptors (Lipinski definition) is 6. The van der Waals surface area contributed by atoms with Gasteiger partial charge < -0.3 is 19.9 Å². The molecule has 0 radical (unpaired) electrons. The van der Waals surface area contributed by atoms with Crippen molar-refractivity contribution in [2.24, 2.45) is 5.92 Å². The maximum Gasteiger partial charge on any atom is 0.407 e. The Morgan fingerprint density at radius 1 is 1.21 bits per heavy atom. The van der Waals surface area contributed by atoms with Crippen molar-refractivity contribution >= 4 is 39.3 Å². The van der Waals surface area contributed by atoms with Crippen LogP contribution in [0.1, 0.15) is 49.4 Å². The smallest absolute Gasteiger partial charge is 0.407 e. The summed E-state index contributed by atoms with van der Waals surface area (Å²) in [5.41, 5.74) is 0.338. The number of thiophene rings is 1. The van der Waals surface area contributed by atoms with Crippen molar-refractivity contribution in [2.75, 3.05) is 13.7 Å². The number of Topliss-reactive ketones (excluding diaryl/α,β-unsaturated/α-hetero) is 1. The quantitative estimate of drug-likeness (QED) is 0.617. The molecule has 2 aromatic rings. The van der Waals surface area contributed by atoms with E-state index in [1.54, 1.807) is 33.9 Å². The number of carbonyl (C=O) groups is 3. The average Bonchev–Trinajstić information content (AvgIpc) is 3.02. The standard InChI is InChI=1S/C21H27NO6S/c1-12(19(24)25)8-15(23)18-10-14-9-13(16(27-5)11-17(14)29-18)6-7-22-20(26)28-21(2,3)4/h9-12H,6-8H2,1-5H3,(H,22,26)(H,24,25). The number of carbonyl (C=O) groups excluding carboxylic acids is 2. The van der Waals surface area contributed by atoms with Crippen molar-refractivity contribution < 1.29 is 29.0 Å². The summed E-state index contributed by atoms with van der Waals surface area (Å²) in [4.78, 5) is 35.7. The van der Waals surface area contributed by atoms with Crippen LogP contribution >= 0.6 is 11.3 Å². The summed E-state index contributed by atoms with van der Waals surface area (Å²) in [5.74, 6) is -1.23. The van der Waals surface area contributed by atoms with Crippen LogP contribution in [0, 0.1) is 5.92 Å². The zero-order valence-electron chi connectivity index (χ0n) is 17.3. The predicted molar refractivity (Wildman–Crippen MR) is 112 cm³/mol. The number of aliphatic carboxylic acids is 1. The number of rotatable bonds is 8. The molecule has 0 saturated carbocycles. The first-order chi connectivity index (χ1) is 13.5. The van der Waals surface area contributed by atoms with E-state index in [1.165, 1.54) is 18.3 Å². The van der Waals surface area contributed by atoms with E-state index < -0.39 is 23.6 Å². The molecule has 0 fully saturated rings. The van der Waals surface area contributed by atoms with Crippen LogP contribution in [0.5, 0.6) is 5.75 Å². The molecule has 0 aliphatic heterocycles. The Kier molecular flexibility index (Phi) is 7.24. The third-order valence-corrected chi connectivity index (χ3v) is 5.31. The van der Waals surface area contributed by atoms with Crippen molar-refractivity contribution in [1.82, 2.24) is 5.32 Å². The zero-order valence-corrected chi connectivity index (χ0v) is 18.1. The van der Waals surface area contributed by atoms with E-state index in [0.717, 1.165) is 15.6 Å². The lowest BCUT2D eigenvalue weighted by atomic mass is 10.0. The van der Waals surface area contributed by atoms with E-state index in [9.17, 15) is 14.4 Å². The molecule has 1 amide bonds. The van der Waals surface area contributed by atoms with E-state index >= 15 is 0 Å². The summed E-state index contributed by atoms with van der Waals surface area (Å²) in [5, 5.41) is 12.6. The average molecular weight is 422 g/mol. The van der Waals surface area contributed by atoms with Crippen LogP contribution in [-0.4, -0.2) is 42.2 Å². The number of nitrogens with one attached hydrogen (secondary N) is 1. The lowest BCUT2D eigenvalue weighted by Gasteiger charge is -2.19. The fourth-order valence-corrected chi connectivity index (χ4v) is 3.74. The normalized spacial score (nSPS) is 12.4. The Labute approximate surface area is 174 Å². The van der Waals surface area contributed by atoms with Gasteiger partial charge in [0.25, 0.3) is 0 Å². The van der Waals surface area contributed by atoms with Crippen molar-refractivity contribution in [1.29, 1.82) is 0 Å². The second kappa shape index (κ2) is 9.26. The second-order valence-electron chi connectivity index (χ2n) is 7.86. The molecular formula is C21H27NO6S. The van der Waals surface area contributed by atoms with Gasteiger partial charge in [-0.15, -0.1) is 11.3 Å². The minimum atomic E-state index is -0.985. The molecule has 2 rings (SSSR count). The summed E-state index contributed by atoms with van der Waals surface area (Å²) in [6.07, 6.45) is 0.0213. The topological polar surface area (TPSA) is 102 Å². The zero-order chi connectivity index (χ0) is 21.8. The molecule has 1 unspecified atom stereocenters. The van der Waals surface area contributed by atoms with Crippen molar-refractivity contribution in [3.05, 3.63) is 28.6 Å². The summed E-state index contributed by atoms with van der Waals surface area (Å²) < 4.78 is 11.6. The number of carboxylic acids is 1. The molecule has 1 aromatic heterocycles. The summed E-state index contributed by atoms with van der Waals surface area (Å²) >= 11 is 1.32. The maximum atomic E-state index is 12.4. The third kappa shape index (κ3) is 6.45. The first-order valence-electron chi connectivity index (χ1n) is 9.33. The molecule has 0 aliphatic carbocycles. The highest BCUT2D eigenvalue weighted by atomic mass is 32.1. The first kappa shape index (κ1) is 22.7. The van der Waals surface area contributed by atoms with Gasteiger partial charge in [0, 0.05) is 17.7 Å². The van der Waals surface area contributed by atoms with Crippen LogP contribution < -0.4 is 10.1 Å². The number of ketones is 1. The molecule has 0 aliphatic rings. The fraction of sp³-hybridized carbons (Fsp3) is 0.476. The van der Waals surface area contributed by atoms with E-state index in [2.05, 4.69) is 5.32 Å². The molecule has 29 heavy (non-hydrogen) atoms. The molecule has 1 aromatic carbocycles. The fourth-order valence-electron chi connectivity index (χ4n) is 2.72. The lowest BCUT2D eigenvalue weighted by molar-refractivity contribution is -0.141. The van der Waals surface area contributed by atoms with E-state index in [1.807, 2.05) is 12.1 Å². The minimum Gasteiger partial charge on any atom is -0.496 e. The van der Waals surface area contributed by atoms with Gasteiger partial charge in [-0.1, -0.05) is 6.92 Å². The van der Waals surface area contributed by atoms with Gasteiger partial charge in [0.05, 0.1) is 17.9 Å². The number of ether oxygens (including phenoxy) is 2. The van der Waals surface area contributed by atoms with Crippen LogP contribution in [0.4, 0.5) is 4.79 Å². The Morgan fingerprint density at radius 3 is 2.48 bits per heavy atom. The highest BCUT2D eigenvalue weighted by Gasteiger charge is 2.20. The molecule has 2 N–H and O–H groups in total. The summed E-state index contributed by atoms with van der Waals surface area (Å²) in [6, 6.07) is 5.57. The Hall–Kier alpha value is -2.61. The molecule has 8 heteroatoms. The Morgan fingerprint density at radius 2 is 1.90 bits per heavy atom. The van der Waals surface area contributed by atoms with Gasteiger partial charge in [0.1, 0.15) is 11.4 Å². The molecule has 0 bridgehead atoms. The van der Waals surface area contributed by atoms with Crippen LogP contribution in [0.15, 0.2) is 18.2 Å². The van der Waals surface area contributed by atoms with E-state index in [0.29, 0.717) is 23.6 Å². The number of hydrogen-bond donors (Lipinski definition) is 2. The lowest BCUT2D eigenvalue weighted by Crippen LogP contribution is -2.33. The van der Waals surface area contributed by atoms with Crippen LogP contribution in [-0.2, 0) is 16.0 Å². The largest absolute Gasteiger partial charge is 0.496 e. The summed E-state index contributed by atoms with van der Waals surface area (Å²) in [6.45, 7) is 7.30. The third-order valence-electron chi connectivity index (χ3n) is 4.17. The van der Waals surface area contributed by atoms with Crippen molar-refractivity contribution in [3.8, 4) is 5.75 Å². The van der Waals surface area contributed by atoms with Gasteiger partial charge in [-0.3, -0.25) is 9.59 Å². The summed E-state index contributed by atoms with van der Waals surface area (Å²) in [7, 11) is 1.57. The number of alkyl carbamates (subject to hydrolysis) is 1. The predicted octanol–water partition coefficient (Wildman–Crippen LogP) is 4.27. The van der Waals surface area contributed by atoms with Gasteiger partial charge in [0.15, 0.2) is 5.78 Å². The molecule has 0 saturated heterocycles. The van der Waals surface area contributed by atoms with Crippen molar-refractivity contribution in [3.63, 3.8) is 0 Å². The maximum absolute atomic E-state index is 12.4. The Bertz CT molecular complexity index is 912. The second-order valence-corrected chi connectivity index (χ2v) is 8.94. The van der Waals surface area contributed by atoms with Crippen molar-refractivity contribution in [2.45, 2.75) is 46.1 Å². The highest BCUT2D eigenvalue weighted by Crippen LogP contribution is 2.33. The molecule has 1 heterocycles. The van der Waals surface area contributed by atoms with Crippen LogP contribution in [0.25, 0.3) is 10.1 Å². The molecule has 7 nitrogen and oxygen atoms in total. The number of amides is 1. The molecular weight excluding hydrogens is 394 g/mol. The first-order valence-corrected chi connectivity index (χ1v) is 10.1. The van der Waals surface area contributed by atoms with Crippen LogP contribution in [0.3, 0.4) is 0 Å². The van der Waals surface area contributed by atoms with Gasteiger partial charge >= 0.3 is 12.1 Å².